The van der Waals surface area contributed by atoms with Crippen LogP contribution in [0.25, 0.3) is 33.7 Å². The zero-order valence-corrected chi connectivity index (χ0v) is 20.2. The van der Waals surface area contributed by atoms with Gasteiger partial charge in [0.05, 0.1) is 11.8 Å². The number of anilines is 1. The second-order valence-corrected chi connectivity index (χ2v) is 9.81. The first kappa shape index (κ1) is 22.3. The van der Waals surface area contributed by atoms with Gasteiger partial charge in [0.2, 0.25) is 0 Å². The number of carbonyl (C=O) groups is 1. The van der Waals surface area contributed by atoms with Gasteiger partial charge in [-0.3, -0.25) is 9.78 Å². The Morgan fingerprint density at radius 3 is 2.86 bits per heavy atom. The van der Waals surface area contributed by atoms with Crippen LogP contribution < -0.4 is 15.8 Å². The molecule has 6 rings (SSSR count). The molecule has 178 valence electrons. The number of fused-ring (bicyclic) bond motifs is 2. The second kappa shape index (κ2) is 9.45. The minimum Gasteiger partial charge on any atom is -0.490 e. The molecule has 0 unspecified atom stereocenters. The van der Waals surface area contributed by atoms with Crippen LogP contribution in [-0.2, 0) is 11.2 Å². The van der Waals surface area contributed by atoms with Crippen molar-refractivity contribution in [2.45, 2.75) is 12.5 Å². The molecule has 4 heterocycles. The van der Waals surface area contributed by atoms with E-state index in [4.69, 9.17) is 10.5 Å². The number of nitrogens with one attached hydrogen (secondary N) is 2. The fraction of sp³-hybridized carbons (Fsp3) is 0.103. The van der Waals surface area contributed by atoms with Gasteiger partial charge >= 0.3 is 0 Å². The Morgan fingerprint density at radius 2 is 1.97 bits per heavy atom. The maximum absolute atomic E-state index is 12.6. The van der Waals surface area contributed by atoms with Crippen molar-refractivity contribution in [1.29, 1.82) is 0 Å². The molecular formula is C29H24N4O2S. The minimum atomic E-state index is -0.158. The minimum absolute atomic E-state index is 0.0880. The largest absolute Gasteiger partial charge is 0.490 e. The van der Waals surface area contributed by atoms with Crippen molar-refractivity contribution in [2.75, 3.05) is 11.9 Å². The normalized spacial score (nSPS) is 14.7. The third kappa shape index (κ3) is 4.42. The summed E-state index contributed by atoms with van der Waals surface area (Å²) in [5, 5.41) is 6.14. The molecule has 1 amide bonds. The van der Waals surface area contributed by atoms with E-state index in [1.54, 1.807) is 23.7 Å². The summed E-state index contributed by atoms with van der Waals surface area (Å²) in [4.78, 5) is 21.3. The van der Waals surface area contributed by atoms with Crippen LogP contribution in [0.4, 0.5) is 5.69 Å². The van der Waals surface area contributed by atoms with Crippen molar-refractivity contribution >= 4 is 45.5 Å². The Labute approximate surface area is 212 Å². The number of H-pyrrole nitrogens is 1. The number of thiophene rings is 1. The van der Waals surface area contributed by atoms with Gasteiger partial charge in [-0.05, 0) is 59.3 Å². The summed E-state index contributed by atoms with van der Waals surface area (Å²) in [5.41, 5.74) is 12.9. The number of nitrogens with two attached hydrogens (primary N) is 1. The number of benzene rings is 2. The SMILES string of the molecule is N[C@H](COc1cncc(-c2ccc3c(c2)C(=Cc2cccs2)C(=O)N3)c1)Cc1c[nH]c2ccccc12. The quantitative estimate of drug-likeness (QED) is 0.253. The Balaban J connectivity index is 1.18. The summed E-state index contributed by atoms with van der Waals surface area (Å²) in [7, 11) is 0. The van der Waals surface area contributed by atoms with Gasteiger partial charge in [0.15, 0.2) is 0 Å². The standard InChI is InChI=1S/C29H24N4O2S/c30-21(10-20-15-32-27-6-2-1-5-24(20)27)17-35-22-11-19(14-31-16-22)18-7-8-28-25(12-18)26(29(34)33-28)13-23-4-3-9-36-23/h1-9,11-16,21,32H,10,17,30H2,(H,33,34)/t21-/m0/s1. The smallest absolute Gasteiger partial charge is 0.256 e. The molecule has 0 aliphatic carbocycles. The molecule has 7 heteroatoms. The van der Waals surface area contributed by atoms with Crippen molar-refractivity contribution in [3.8, 4) is 16.9 Å². The van der Waals surface area contributed by atoms with Gasteiger partial charge in [-0.1, -0.05) is 30.3 Å². The van der Waals surface area contributed by atoms with E-state index in [-0.39, 0.29) is 11.9 Å². The molecule has 0 spiro atoms. The molecule has 36 heavy (non-hydrogen) atoms. The van der Waals surface area contributed by atoms with Crippen molar-refractivity contribution < 1.29 is 9.53 Å². The maximum Gasteiger partial charge on any atom is 0.256 e. The first-order valence-electron chi connectivity index (χ1n) is 11.7. The van der Waals surface area contributed by atoms with Crippen molar-refractivity contribution in [3.05, 3.63) is 101 Å². The predicted molar refractivity (Wildman–Crippen MR) is 146 cm³/mol. The summed E-state index contributed by atoms with van der Waals surface area (Å²) in [6, 6.07) is 19.9. The van der Waals surface area contributed by atoms with Crippen LogP contribution in [0.1, 0.15) is 16.0 Å². The molecule has 6 nitrogen and oxygen atoms in total. The molecule has 0 bridgehead atoms. The lowest BCUT2D eigenvalue weighted by molar-refractivity contribution is -0.110. The number of ether oxygens (including phenoxy) is 1. The third-order valence-electron chi connectivity index (χ3n) is 6.30. The molecule has 0 saturated heterocycles. The molecule has 1 aliphatic heterocycles. The number of carbonyl (C=O) groups excluding carboxylic acids is 1. The first-order chi connectivity index (χ1) is 17.6. The number of aromatic amines is 1. The zero-order chi connectivity index (χ0) is 24.5. The summed E-state index contributed by atoms with van der Waals surface area (Å²) in [5.74, 6) is 0.570. The lowest BCUT2D eigenvalue weighted by Crippen LogP contribution is -2.30. The summed E-state index contributed by atoms with van der Waals surface area (Å²) in [6.07, 6.45) is 8.15. The van der Waals surface area contributed by atoms with Gasteiger partial charge in [-0.15, -0.1) is 11.3 Å². The van der Waals surface area contributed by atoms with E-state index >= 15 is 0 Å². The van der Waals surface area contributed by atoms with Gasteiger partial charge in [-0.2, -0.15) is 0 Å². The lowest BCUT2D eigenvalue weighted by atomic mass is 10.00. The Bertz CT molecular complexity index is 1590. The van der Waals surface area contributed by atoms with Gasteiger partial charge < -0.3 is 20.8 Å². The molecule has 0 radical (unpaired) electrons. The number of hydrogen-bond donors (Lipinski definition) is 3. The average Bonchev–Trinajstić information content (AvgIpc) is 3.63. The van der Waals surface area contributed by atoms with Crippen LogP contribution in [-0.4, -0.2) is 28.5 Å². The number of para-hydroxylation sites is 1. The summed E-state index contributed by atoms with van der Waals surface area (Å²) in [6.45, 7) is 0.376. The topological polar surface area (TPSA) is 93.0 Å². The Kier molecular flexibility index (Phi) is 5.85. The van der Waals surface area contributed by atoms with E-state index in [1.807, 2.05) is 66.2 Å². The van der Waals surface area contributed by atoms with Crippen LogP contribution in [0.15, 0.2) is 84.6 Å². The maximum atomic E-state index is 12.6. The fourth-order valence-electron chi connectivity index (χ4n) is 4.53. The number of pyridine rings is 1. The van der Waals surface area contributed by atoms with Crippen LogP contribution in [0.2, 0.25) is 0 Å². The zero-order valence-electron chi connectivity index (χ0n) is 19.4. The monoisotopic (exact) mass is 492 g/mol. The number of rotatable bonds is 7. The van der Waals surface area contributed by atoms with E-state index in [0.29, 0.717) is 24.4 Å². The van der Waals surface area contributed by atoms with E-state index in [0.717, 1.165) is 32.8 Å². The average molecular weight is 493 g/mol. The fourth-order valence-corrected chi connectivity index (χ4v) is 5.18. The van der Waals surface area contributed by atoms with E-state index < -0.39 is 0 Å². The number of nitrogens with zero attached hydrogens (tertiary/aromatic N) is 1. The van der Waals surface area contributed by atoms with Gasteiger partial charge in [0.25, 0.3) is 5.91 Å². The highest BCUT2D eigenvalue weighted by Crippen LogP contribution is 2.37. The van der Waals surface area contributed by atoms with Crippen LogP contribution in [0.5, 0.6) is 5.75 Å². The number of amides is 1. The highest BCUT2D eigenvalue weighted by atomic mass is 32.1. The third-order valence-corrected chi connectivity index (χ3v) is 7.12. The van der Waals surface area contributed by atoms with E-state index in [1.165, 1.54) is 10.9 Å². The summed E-state index contributed by atoms with van der Waals surface area (Å²) < 4.78 is 6.02. The molecule has 0 saturated carbocycles. The van der Waals surface area contributed by atoms with Crippen LogP contribution in [0, 0.1) is 0 Å². The van der Waals surface area contributed by atoms with Gasteiger partial charge in [0, 0.05) is 51.0 Å². The van der Waals surface area contributed by atoms with Crippen molar-refractivity contribution in [2.24, 2.45) is 5.73 Å². The Hall–Kier alpha value is -4.20. The Morgan fingerprint density at radius 1 is 1.06 bits per heavy atom. The molecule has 2 aromatic carbocycles. The first-order valence-corrected chi connectivity index (χ1v) is 12.6. The van der Waals surface area contributed by atoms with Crippen molar-refractivity contribution in [1.82, 2.24) is 9.97 Å². The molecule has 3 aromatic heterocycles. The van der Waals surface area contributed by atoms with Crippen molar-refractivity contribution in [3.63, 3.8) is 0 Å². The number of hydrogen-bond acceptors (Lipinski definition) is 5. The van der Waals surface area contributed by atoms with Gasteiger partial charge in [0.1, 0.15) is 12.4 Å². The summed E-state index contributed by atoms with van der Waals surface area (Å²) >= 11 is 1.60. The molecule has 0 fully saturated rings. The molecule has 1 aliphatic rings. The molecule has 1 atom stereocenters. The van der Waals surface area contributed by atoms with E-state index in [9.17, 15) is 4.79 Å². The molecular weight excluding hydrogens is 468 g/mol. The highest BCUT2D eigenvalue weighted by Gasteiger charge is 2.24. The lowest BCUT2D eigenvalue weighted by Gasteiger charge is -2.13. The predicted octanol–water partition coefficient (Wildman–Crippen LogP) is 5.73. The van der Waals surface area contributed by atoms with Gasteiger partial charge in [-0.25, -0.2) is 0 Å². The van der Waals surface area contributed by atoms with Crippen LogP contribution >= 0.6 is 11.3 Å². The number of aromatic nitrogens is 2. The molecule has 5 aromatic rings. The molecule has 4 N–H and O–H groups in total. The van der Waals surface area contributed by atoms with Crippen LogP contribution in [0.3, 0.4) is 0 Å². The highest BCUT2D eigenvalue weighted by molar-refractivity contribution is 7.11. The van der Waals surface area contributed by atoms with E-state index in [2.05, 4.69) is 27.4 Å². The second-order valence-electron chi connectivity index (χ2n) is 8.83.